The van der Waals surface area contributed by atoms with Crippen molar-refractivity contribution in [3.8, 4) is 0 Å². The Balaban J connectivity index is 2.87. The number of nitrogens with zero attached hydrogens (tertiary/aromatic N) is 1. The molecule has 1 aliphatic rings. The average molecular weight is 149 g/mol. The summed E-state index contributed by atoms with van der Waals surface area (Å²) in [6, 6.07) is 0. The van der Waals surface area contributed by atoms with E-state index in [1.807, 2.05) is 0 Å². The maximum atomic E-state index is 4.43. The van der Waals surface area contributed by atoms with E-state index in [9.17, 15) is 0 Å². The molecule has 0 atom stereocenters. The van der Waals surface area contributed by atoms with E-state index < -0.39 is 0 Å². The highest BCUT2D eigenvalue weighted by atomic mass is 14.8. The second-order valence-corrected chi connectivity index (χ2v) is 3.41. The molecule has 0 aliphatic carbocycles. The summed E-state index contributed by atoms with van der Waals surface area (Å²) in [7, 11) is 0. The molecule has 0 aromatic carbocycles. The van der Waals surface area contributed by atoms with E-state index in [1.54, 1.807) is 0 Å². The molecule has 0 spiro atoms. The molecule has 0 aromatic heterocycles. The van der Waals surface area contributed by atoms with Gasteiger partial charge < -0.3 is 0 Å². The highest BCUT2D eigenvalue weighted by Crippen LogP contribution is 2.20. The first kappa shape index (κ1) is 8.25. The Morgan fingerprint density at radius 1 is 1.36 bits per heavy atom. The van der Waals surface area contributed by atoms with Crippen LogP contribution in [0.3, 0.4) is 0 Å². The van der Waals surface area contributed by atoms with Gasteiger partial charge in [-0.25, -0.2) is 0 Å². The van der Waals surface area contributed by atoms with Crippen LogP contribution in [0.4, 0.5) is 0 Å². The molecule has 0 saturated carbocycles. The van der Waals surface area contributed by atoms with Gasteiger partial charge in [0.05, 0.1) is 5.70 Å². The molecular weight excluding hydrogens is 134 g/mol. The van der Waals surface area contributed by atoms with Crippen LogP contribution in [0.2, 0.25) is 0 Å². The summed E-state index contributed by atoms with van der Waals surface area (Å²) < 4.78 is 0. The lowest BCUT2D eigenvalue weighted by atomic mass is 10.1. The van der Waals surface area contributed by atoms with Gasteiger partial charge in [-0.15, -0.1) is 0 Å². The highest BCUT2D eigenvalue weighted by molar-refractivity contribution is 5.88. The summed E-state index contributed by atoms with van der Waals surface area (Å²) in [4.78, 5) is 4.43. The number of allylic oxidation sites excluding steroid dienone is 3. The minimum Gasteiger partial charge on any atom is -0.258 e. The average Bonchev–Trinajstić information content (AvgIpc) is 2.09. The van der Waals surface area contributed by atoms with Crippen LogP contribution in [0.1, 0.15) is 34.1 Å². The zero-order valence-corrected chi connectivity index (χ0v) is 7.73. The molecule has 0 N–H and O–H groups in total. The van der Waals surface area contributed by atoms with Crippen LogP contribution in [-0.4, -0.2) is 5.71 Å². The fourth-order valence-corrected chi connectivity index (χ4v) is 1.24. The molecule has 1 heterocycles. The van der Waals surface area contributed by atoms with Gasteiger partial charge in [0.25, 0.3) is 0 Å². The Hall–Kier alpha value is -0.850. The number of aliphatic imine (C=N–C) groups is 1. The van der Waals surface area contributed by atoms with Gasteiger partial charge in [-0.2, -0.15) is 0 Å². The molecule has 0 amide bonds. The molecular formula is C10H15N. The quantitative estimate of drug-likeness (QED) is 0.543. The second kappa shape index (κ2) is 3.04. The largest absolute Gasteiger partial charge is 0.258 e. The van der Waals surface area contributed by atoms with Crippen molar-refractivity contribution in [3.05, 3.63) is 22.9 Å². The molecule has 1 nitrogen and oxygen atoms in total. The topological polar surface area (TPSA) is 12.4 Å². The van der Waals surface area contributed by atoms with Crippen molar-refractivity contribution in [1.82, 2.24) is 0 Å². The maximum absolute atomic E-state index is 4.43. The van der Waals surface area contributed by atoms with Crippen LogP contribution in [0.25, 0.3) is 0 Å². The standard InChI is InChI=1S/C10H15N/c1-7(2)5-10-8(3)6-9(4)11-10/h5H,6H2,1-4H3. The summed E-state index contributed by atoms with van der Waals surface area (Å²) in [5, 5.41) is 0. The summed E-state index contributed by atoms with van der Waals surface area (Å²) in [5.41, 5.74) is 5.11. The van der Waals surface area contributed by atoms with Gasteiger partial charge in [0.15, 0.2) is 0 Å². The van der Waals surface area contributed by atoms with Gasteiger partial charge in [0.2, 0.25) is 0 Å². The first-order valence-corrected chi connectivity index (χ1v) is 3.98. The van der Waals surface area contributed by atoms with Crippen molar-refractivity contribution in [2.45, 2.75) is 34.1 Å². The number of hydrogen-bond acceptors (Lipinski definition) is 1. The molecule has 1 rings (SSSR count). The molecule has 0 aromatic rings. The van der Waals surface area contributed by atoms with Crippen LogP contribution in [0.5, 0.6) is 0 Å². The molecule has 11 heavy (non-hydrogen) atoms. The van der Waals surface area contributed by atoms with Gasteiger partial charge in [0, 0.05) is 12.1 Å². The molecule has 0 unspecified atom stereocenters. The smallest absolute Gasteiger partial charge is 0.0621 e. The lowest BCUT2D eigenvalue weighted by molar-refractivity contribution is 1.24. The third kappa shape index (κ3) is 2.04. The van der Waals surface area contributed by atoms with Crippen molar-refractivity contribution in [2.24, 2.45) is 4.99 Å². The lowest BCUT2D eigenvalue weighted by Gasteiger charge is -1.93. The van der Waals surface area contributed by atoms with Gasteiger partial charge in [-0.1, -0.05) is 5.57 Å². The SMILES string of the molecule is CC(C)=CC1=C(C)CC(C)=N1. The Labute approximate surface area is 68.5 Å². The summed E-state index contributed by atoms with van der Waals surface area (Å²) in [6.07, 6.45) is 3.20. The molecule has 0 bridgehead atoms. The van der Waals surface area contributed by atoms with Crippen LogP contribution < -0.4 is 0 Å². The number of rotatable bonds is 1. The zero-order valence-electron chi connectivity index (χ0n) is 7.73. The van der Waals surface area contributed by atoms with E-state index in [0.29, 0.717) is 0 Å². The van der Waals surface area contributed by atoms with Crippen molar-refractivity contribution in [2.75, 3.05) is 0 Å². The van der Waals surface area contributed by atoms with Gasteiger partial charge in [-0.3, -0.25) is 4.99 Å². The van der Waals surface area contributed by atoms with Crippen LogP contribution in [-0.2, 0) is 0 Å². The Morgan fingerprint density at radius 3 is 2.36 bits per heavy atom. The van der Waals surface area contributed by atoms with Gasteiger partial charge in [0.1, 0.15) is 0 Å². The monoisotopic (exact) mass is 149 g/mol. The minimum atomic E-state index is 1.05. The van der Waals surface area contributed by atoms with Crippen LogP contribution in [0.15, 0.2) is 27.9 Å². The third-order valence-corrected chi connectivity index (χ3v) is 1.69. The highest BCUT2D eigenvalue weighted by Gasteiger charge is 2.07. The molecule has 60 valence electrons. The van der Waals surface area contributed by atoms with E-state index in [4.69, 9.17) is 0 Å². The van der Waals surface area contributed by atoms with Crippen LogP contribution >= 0.6 is 0 Å². The van der Waals surface area contributed by atoms with Crippen LogP contribution in [0, 0.1) is 0 Å². The molecule has 1 heteroatoms. The van der Waals surface area contributed by atoms with Gasteiger partial charge >= 0.3 is 0 Å². The van der Waals surface area contributed by atoms with E-state index in [0.717, 1.165) is 6.42 Å². The normalized spacial score (nSPS) is 16.9. The maximum Gasteiger partial charge on any atom is 0.0621 e. The fourth-order valence-electron chi connectivity index (χ4n) is 1.24. The van der Waals surface area contributed by atoms with E-state index in [-0.39, 0.29) is 0 Å². The Bertz CT molecular complexity index is 250. The second-order valence-electron chi connectivity index (χ2n) is 3.41. The van der Waals surface area contributed by atoms with Crippen molar-refractivity contribution >= 4 is 5.71 Å². The zero-order chi connectivity index (χ0) is 8.43. The third-order valence-electron chi connectivity index (χ3n) is 1.69. The molecule has 0 saturated heterocycles. The summed E-state index contributed by atoms with van der Waals surface area (Å²) in [6.45, 7) is 8.43. The predicted octanol–water partition coefficient (Wildman–Crippen LogP) is 3.09. The number of hydrogen-bond donors (Lipinski definition) is 0. The molecule has 1 aliphatic heterocycles. The van der Waals surface area contributed by atoms with E-state index >= 15 is 0 Å². The van der Waals surface area contributed by atoms with Crippen molar-refractivity contribution in [1.29, 1.82) is 0 Å². The Morgan fingerprint density at radius 2 is 2.00 bits per heavy atom. The van der Waals surface area contributed by atoms with E-state index in [1.165, 1.54) is 22.6 Å². The fraction of sp³-hybridized carbons (Fsp3) is 0.500. The first-order valence-electron chi connectivity index (χ1n) is 3.98. The van der Waals surface area contributed by atoms with Crippen molar-refractivity contribution < 1.29 is 0 Å². The Kier molecular flexibility index (Phi) is 2.28. The predicted molar refractivity (Wildman–Crippen MR) is 49.9 cm³/mol. The molecule has 0 radical (unpaired) electrons. The summed E-state index contributed by atoms with van der Waals surface area (Å²) >= 11 is 0. The minimum absolute atomic E-state index is 1.05. The van der Waals surface area contributed by atoms with E-state index in [2.05, 4.69) is 38.8 Å². The van der Waals surface area contributed by atoms with Gasteiger partial charge in [-0.05, 0) is 39.3 Å². The molecule has 0 fully saturated rings. The summed E-state index contributed by atoms with van der Waals surface area (Å²) in [5.74, 6) is 0. The first-order chi connectivity index (χ1) is 5.09. The van der Waals surface area contributed by atoms with Crippen molar-refractivity contribution in [3.63, 3.8) is 0 Å². The lowest BCUT2D eigenvalue weighted by Crippen LogP contribution is -1.82.